The van der Waals surface area contributed by atoms with Gasteiger partial charge in [-0.15, -0.1) is 0 Å². The molecule has 27 heavy (non-hydrogen) atoms. The molecule has 0 radical (unpaired) electrons. The summed E-state index contributed by atoms with van der Waals surface area (Å²) in [6.45, 7) is 4.73. The van der Waals surface area contributed by atoms with E-state index in [1.807, 2.05) is 11.0 Å². The van der Waals surface area contributed by atoms with Gasteiger partial charge in [-0.25, -0.2) is 4.39 Å². The van der Waals surface area contributed by atoms with Gasteiger partial charge in [0.1, 0.15) is 12.4 Å². The predicted octanol–water partition coefficient (Wildman–Crippen LogP) is 1.80. The third-order valence-corrected chi connectivity index (χ3v) is 5.45. The number of benzene rings is 1. The topological polar surface area (TPSA) is 71.7 Å². The van der Waals surface area contributed by atoms with E-state index in [2.05, 4.69) is 15.0 Å². The highest BCUT2D eigenvalue weighted by Gasteiger charge is 2.49. The van der Waals surface area contributed by atoms with Crippen molar-refractivity contribution in [2.24, 2.45) is 11.8 Å². The summed E-state index contributed by atoms with van der Waals surface area (Å²) in [5.41, 5.74) is 0.837. The Morgan fingerprint density at radius 1 is 1.37 bits per heavy atom. The zero-order valence-corrected chi connectivity index (χ0v) is 15.5. The number of hydrogen-bond acceptors (Lipinski definition) is 6. The van der Waals surface area contributed by atoms with Crippen LogP contribution in [0.15, 0.2) is 28.8 Å². The molecular weight excluding hydrogens is 351 g/mol. The van der Waals surface area contributed by atoms with Gasteiger partial charge in [0.15, 0.2) is 5.82 Å². The Morgan fingerprint density at radius 3 is 2.93 bits per heavy atom. The molecule has 0 bridgehead atoms. The minimum atomic E-state index is -0.285. The van der Waals surface area contributed by atoms with Gasteiger partial charge in [0.05, 0.1) is 12.6 Å². The maximum atomic E-state index is 13.8. The molecule has 2 aliphatic rings. The van der Waals surface area contributed by atoms with Crippen LogP contribution in [-0.4, -0.2) is 59.2 Å². The lowest BCUT2D eigenvalue weighted by atomic mass is 9.89. The van der Waals surface area contributed by atoms with Crippen molar-refractivity contribution in [3.8, 4) is 0 Å². The van der Waals surface area contributed by atoms with Crippen LogP contribution in [0.1, 0.15) is 23.3 Å². The zero-order chi connectivity index (χ0) is 19.0. The number of fused-ring (bicyclic) bond motifs is 1. The molecule has 2 saturated heterocycles. The number of carbonyl (C=O) groups is 1. The Kier molecular flexibility index (Phi) is 4.92. The van der Waals surface area contributed by atoms with Crippen molar-refractivity contribution < 1.29 is 18.4 Å². The van der Waals surface area contributed by atoms with E-state index in [1.54, 1.807) is 13.0 Å². The van der Waals surface area contributed by atoms with E-state index in [9.17, 15) is 9.18 Å². The van der Waals surface area contributed by atoms with Crippen molar-refractivity contribution in [2.75, 3.05) is 33.4 Å². The Hall–Kier alpha value is -2.32. The van der Waals surface area contributed by atoms with Crippen molar-refractivity contribution >= 4 is 5.91 Å². The number of methoxy groups -OCH3 is 1. The monoisotopic (exact) mass is 374 g/mol. The summed E-state index contributed by atoms with van der Waals surface area (Å²) < 4.78 is 23.9. The Balaban J connectivity index is 1.56. The molecule has 2 fully saturated rings. The summed E-state index contributed by atoms with van der Waals surface area (Å²) in [5, 5.41) is 3.97. The van der Waals surface area contributed by atoms with Gasteiger partial charge < -0.3 is 14.2 Å². The molecule has 0 saturated carbocycles. The number of carbonyl (C=O) groups excluding carboxylic acids is 1. The van der Waals surface area contributed by atoms with Gasteiger partial charge in [-0.3, -0.25) is 9.69 Å². The van der Waals surface area contributed by atoms with Crippen LogP contribution >= 0.6 is 0 Å². The molecule has 3 atom stereocenters. The molecule has 144 valence electrons. The van der Waals surface area contributed by atoms with E-state index in [1.165, 1.54) is 19.2 Å². The van der Waals surface area contributed by atoms with Gasteiger partial charge in [0.25, 0.3) is 0 Å². The zero-order valence-electron chi connectivity index (χ0n) is 15.5. The largest absolute Gasteiger partial charge is 0.375 e. The Morgan fingerprint density at radius 2 is 2.22 bits per heavy atom. The molecular formula is C19H23FN4O3. The second-order valence-electron chi connectivity index (χ2n) is 7.33. The quantitative estimate of drug-likeness (QED) is 0.795. The lowest BCUT2D eigenvalue weighted by Gasteiger charge is -2.29. The first-order chi connectivity index (χ1) is 13.0. The first-order valence-electron chi connectivity index (χ1n) is 9.10. The fourth-order valence-electron chi connectivity index (χ4n) is 4.45. The van der Waals surface area contributed by atoms with E-state index >= 15 is 0 Å². The average Bonchev–Trinajstić information content (AvgIpc) is 3.29. The molecule has 4 rings (SSSR count). The maximum absolute atomic E-state index is 13.8. The van der Waals surface area contributed by atoms with Crippen LogP contribution in [0.5, 0.6) is 0 Å². The van der Waals surface area contributed by atoms with E-state index in [0.717, 1.165) is 18.7 Å². The highest BCUT2D eigenvalue weighted by molar-refractivity contribution is 5.78. The maximum Gasteiger partial charge on any atom is 0.249 e. The van der Waals surface area contributed by atoms with Gasteiger partial charge in [-0.1, -0.05) is 17.3 Å². The van der Waals surface area contributed by atoms with Crippen molar-refractivity contribution in [2.45, 2.75) is 19.5 Å². The molecule has 0 unspecified atom stereocenters. The van der Waals surface area contributed by atoms with Gasteiger partial charge in [0.2, 0.25) is 11.8 Å². The van der Waals surface area contributed by atoms with E-state index in [0.29, 0.717) is 30.7 Å². The summed E-state index contributed by atoms with van der Waals surface area (Å²) in [4.78, 5) is 21.0. The first kappa shape index (κ1) is 18.1. The molecule has 3 heterocycles. The summed E-state index contributed by atoms with van der Waals surface area (Å²) in [6, 6.07) is 6.41. The molecule has 0 N–H and O–H groups in total. The second kappa shape index (κ2) is 7.36. The third kappa shape index (κ3) is 3.59. The summed E-state index contributed by atoms with van der Waals surface area (Å²) >= 11 is 0. The van der Waals surface area contributed by atoms with E-state index < -0.39 is 0 Å². The van der Waals surface area contributed by atoms with E-state index in [4.69, 9.17) is 9.26 Å². The number of amides is 1. The van der Waals surface area contributed by atoms with Crippen LogP contribution < -0.4 is 0 Å². The fourth-order valence-corrected chi connectivity index (χ4v) is 4.45. The lowest BCUT2D eigenvalue weighted by molar-refractivity contribution is -0.136. The van der Waals surface area contributed by atoms with Gasteiger partial charge in [-0.2, -0.15) is 4.98 Å². The summed E-state index contributed by atoms with van der Waals surface area (Å²) in [7, 11) is 1.51. The molecule has 1 aromatic carbocycles. The number of aromatic nitrogens is 2. The Bertz CT molecular complexity index is 827. The molecule has 0 aliphatic carbocycles. The molecule has 1 aromatic heterocycles. The fraction of sp³-hybridized carbons (Fsp3) is 0.526. The summed E-state index contributed by atoms with van der Waals surface area (Å²) in [6.07, 6.45) is 0. The molecule has 0 spiro atoms. The van der Waals surface area contributed by atoms with Crippen molar-refractivity contribution in [3.05, 3.63) is 47.4 Å². The molecule has 7 nitrogen and oxygen atoms in total. The van der Waals surface area contributed by atoms with Gasteiger partial charge in [-0.05, 0) is 23.6 Å². The third-order valence-electron chi connectivity index (χ3n) is 5.45. The highest BCUT2D eigenvalue weighted by Crippen LogP contribution is 2.45. The number of likely N-dealkylation sites (tertiary alicyclic amines) is 2. The van der Waals surface area contributed by atoms with Crippen molar-refractivity contribution in [1.29, 1.82) is 0 Å². The smallest absolute Gasteiger partial charge is 0.249 e. The normalized spacial score (nSPS) is 25.1. The minimum Gasteiger partial charge on any atom is -0.375 e. The SMILES string of the molecule is COCC(=O)N1C[C@H]2CN(Cc3noc(C)n3)C[C@H]2[C@@H]1c1cccc(F)c1. The van der Waals surface area contributed by atoms with Crippen LogP contribution in [0.2, 0.25) is 0 Å². The van der Waals surface area contributed by atoms with Crippen molar-refractivity contribution in [1.82, 2.24) is 19.9 Å². The summed E-state index contributed by atoms with van der Waals surface area (Å²) in [5.74, 6) is 1.45. The average molecular weight is 374 g/mol. The first-order valence-corrected chi connectivity index (χ1v) is 9.10. The number of rotatable bonds is 5. The van der Waals surface area contributed by atoms with E-state index in [-0.39, 0.29) is 30.3 Å². The van der Waals surface area contributed by atoms with Gasteiger partial charge >= 0.3 is 0 Å². The molecule has 8 heteroatoms. The standard InChI is InChI=1S/C19H23FN4O3/c1-12-21-17(22-27-12)10-23-7-14-8-24(18(25)11-26-2)19(16(14)9-23)13-4-3-5-15(20)6-13/h3-6,14,16,19H,7-11H2,1-2H3/t14-,16-,19+/m1/s1. The lowest BCUT2D eigenvalue weighted by Crippen LogP contribution is -2.37. The van der Waals surface area contributed by atoms with Gasteiger partial charge in [0, 0.05) is 39.6 Å². The molecule has 2 aromatic rings. The van der Waals surface area contributed by atoms with Crippen LogP contribution in [-0.2, 0) is 16.1 Å². The number of ether oxygens (including phenoxy) is 1. The number of aryl methyl sites for hydroxylation is 1. The van der Waals surface area contributed by atoms with Crippen LogP contribution in [0.4, 0.5) is 4.39 Å². The number of hydrogen-bond donors (Lipinski definition) is 0. The van der Waals surface area contributed by atoms with Crippen LogP contribution in [0.3, 0.4) is 0 Å². The van der Waals surface area contributed by atoms with Crippen molar-refractivity contribution in [3.63, 3.8) is 0 Å². The minimum absolute atomic E-state index is 0.0388. The Labute approximate surface area is 157 Å². The molecule has 1 amide bonds. The van der Waals surface area contributed by atoms with Crippen LogP contribution in [0.25, 0.3) is 0 Å². The van der Waals surface area contributed by atoms with Crippen LogP contribution in [0, 0.1) is 24.6 Å². The highest BCUT2D eigenvalue weighted by atomic mass is 19.1. The second-order valence-corrected chi connectivity index (χ2v) is 7.33. The predicted molar refractivity (Wildman–Crippen MR) is 94.0 cm³/mol. The number of halogens is 1. The molecule has 2 aliphatic heterocycles. The number of nitrogens with zero attached hydrogens (tertiary/aromatic N) is 4.